The van der Waals surface area contributed by atoms with Crippen LogP contribution in [-0.4, -0.2) is 42.2 Å². The summed E-state index contributed by atoms with van der Waals surface area (Å²) in [5.41, 5.74) is 0.586. The maximum absolute atomic E-state index is 12.2. The first-order valence-electron chi connectivity index (χ1n) is 6.96. The smallest absolute Gasteiger partial charge is 0.254 e. The molecule has 0 fully saturated rings. The highest BCUT2D eigenvalue weighted by Crippen LogP contribution is 2.14. The fourth-order valence-corrected chi connectivity index (χ4v) is 1.76. The molecular weight excluding hydrogens is 254 g/mol. The minimum atomic E-state index is -0.112. The predicted molar refractivity (Wildman–Crippen MR) is 80.0 cm³/mol. The maximum atomic E-state index is 12.2. The van der Waals surface area contributed by atoms with Crippen LogP contribution >= 0.6 is 0 Å². The van der Waals surface area contributed by atoms with Crippen LogP contribution in [0.25, 0.3) is 0 Å². The third-order valence-electron chi connectivity index (χ3n) is 2.87. The van der Waals surface area contributed by atoms with Crippen LogP contribution in [0.4, 0.5) is 0 Å². The molecule has 4 heteroatoms. The molecule has 0 unspecified atom stereocenters. The van der Waals surface area contributed by atoms with Crippen molar-refractivity contribution in [3.05, 3.63) is 42.5 Å². The number of nitrogens with zero attached hydrogens (tertiary/aromatic N) is 1. The lowest BCUT2D eigenvalue weighted by molar-refractivity contribution is 0.0743. The van der Waals surface area contributed by atoms with E-state index in [2.05, 4.69) is 13.5 Å². The molecule has 0 bridgehead atoms. The summed E-state index contributed by atoms with van der Waals surface area (Å²) >= 11 is 0. The summed E-state index contributed by atoms with van der Waals surface area (Å²) in [5, 5.41) is 8.98. The zero-order chi connectivity index (χ0) is 14.8. The van der Waals surface area contributed by atoms with Crippen LogP contribution < -0.4 is 4.74 Å². The quantitative estimate of drug-likeness (QED) is 0.557. The van der Waals surface area contributed by atoms with Crippen molar-refractivity contribution in [1.29, 1.82) is 0 Å². The van der Waals surface area contributed by atoms with Crippen molar-refractivity contribution in [2.75, 3.05) is 26.3 Å². The summed E-state index contributed by atoms with van der Waals surface area (Å²) in [6.45, 7) is 7.09. The van der Waals surface area contributed by atoms with Crippen molar-refractivity contribution in [3.8, 4) is 5.75 Å². The SMILES string of the molecule is C=CCN(CCO)C(=O)c1ccc(OCCCC)cc1. The lowest BCUT2D eigenvalue weighted by Gasteiger charge is -2.20. The fraction of sp³-hybridized carbons (Fsp3) is 0.438. The zero-order valence-electron chi connectivity index (χ0n) is 12.0. The number of hydrogen-bond donors (Lipinski definition) is 1. The van der Waals surface area contributed by atoms with E-state index in [1.165, 1.54) is 0 Å². The second-order valence-electron chi connectivity index (χ2n) is 4.49. The van der Waals surface area contributed by atoms with Gasteiger partial charge in [0.1, 0.15) is 5.75 Å². The molecule has 0 aromatic heterocycles. The van der Waals surface area contributed by atoms with Crippen molar-refractivity contribution in [1.82, 2.24) is 4.90 Å². The zero-order valence-corrected chi connectivity index (χ0v) is 12.0. The molecule has 0 aliphatic heterocycles. The van der Waals surface area contributed by atoms with Gasteiger partial charge >= 0.3 is 0 Å². The lowest BCUT2D eigenvalue weighted by atomic mass is 10.2. The standard InChI is InChI=1S/C16H23NO3/c1-3-5-13-20-15-8-6-14(7-9-15)16(19)17(10-4-2)11-12-18/h4,6-9,18H,2-3,5,10-13H2,1H3. The predicted octanol–water partition coefficient (Wildman–Crippen LogP) is 2.49. The van der Waals surface area contributed by atoms with Gasteiger partial charge in [-0.3, -0.25) is 4.79 Å². The molecular formula is C16H23NO3. The van der Waals surface area contributed by atoms with E-state index in [4.69, 9.17) is 9.84 Å². The van der Waals surface area contributed by atoms with Crippen LogP contribution in [0.5, 0.6) is 5.75 Å². The summed E-state index contributed by atoms with van der Waals surface area (Å²) in [5.74, 6) is 0.659. The Balaban J connectivity index is 2.65. The molecule has 1 aromatic rings. The minimum absolute atomic E-state index is 0.0577. The van der Waals surface area contributed by atoms with E-state index in [1.54, 1.807) is 35.2 Å². The molecule has 0 aliphatic carbocycles. The van der Waals surface area contributed by atoms with Crippen LogP contribution in [0.15, 0.2) is 36.9 Å². The number of amides is 1. The molecule has 1 aromatic carbocycles. The number of carbonyl (C=O) groups is 1. The Morgan fingerprint density at radius 2 is 2.10 bits per heavy atom. The number of aliphatic hydroxyl groups is 1. The Bertz CT molecular complexity index is 414. The summed E-state index contributed by atoms with van der Waals surface area (Å²) in [4.78, 5) is 13.8. The number of rotatable bonds is 9. The van der Waals surface area contributed by atoms with Gasteiger partial charge in [0.25, 0.3) is 5.91 Å². The Morgan fingerprint density at radius 3 is 2.65 bits per heavy atom. The molecule has 20 heavy (non-hydrogen) atoms. The molecule has 0 spiro atoms. The topological polar surface area (TPSA) is 49.8 Å². The number of unbranched alkanes of at least 4 members (excludes halogenated alkanes) is 1. The van der Waals surface area contributed by atoms with Crippen molar-refractivity contribution >= 4 is 5.91 Å². The van der Waals surface area contributed by atoms with Gasteiger partial charge < -0.3 is 14.7 Å². The normalized spacial score (nSPS) is 10.1. The molecule has 0 heterocycles. The Hall–Kier alpha value is -1.81. The van der Waals surface area contributed by atoms with Crippen LogP contribution in [0.3, 0.4) is 0 Å². The highest BCUT2D eigenvalue weighted by atomic mass is 16.5. The van der Waals surface area contributed by atoms with Crippen molar-refractivity contribution in [2.24, 2.45) is 0 Å². The monoisotopic (exact) mass is 277 g/mol. The molecule has 1 rings (SSSR count). The first-order chi connectivity index (χ1) is 9.72. The number of aliphatic hydroxyl groups excluding tert-OH is 1. The van der Waals surface area contributed by atoms with Gasteiger partial charge in [0.05, 0.1) is 13.2 Å². The first kappa shape index (κ1) is 16.2. The fourth-order valence-electron chi connectivity index (χ4n) is 1.76. The van der Waals surface area contributed by atoms with E-state index in [0.29, 0.717) is 25.3 Å². The highest BCUT2D eigenvalue weighted by Gasteiger charge is 2.13. The van der Waals surface area contributed by atoms with E-state index in [9.17, 15) is 4.79 Å². The second-order valence-corrected chi connectivity index (χ2v) is 4.49. The maximum Gasteiger partial charge on any atom is 0.254 e. The average Bonchev–Trinajstić information content (AvgIpc) is 2.47. The Kier molecular flexibility index (Phi) is 7.43. The molecule has 0 saturated heterocycles. The van der Waals surface area contributed by atoms with E-state index in [1.807, 2.05) is 0 Å². The Morgan fingerprint density at radius 1 is 1.40 bits per heavy atom. The second kappa shape index (κ2) is 9.15. The van der Waals surface area contributed by atoms with Crippen LogP contribution in [-0.2, 0) is 0 Å². The highest BCUT2D eigenvalue weighted by molar-refractivity contribution is 5.94. The van der Waals surface area contributed by atoms with Crippen LogP contribution in [0, 0.1) is 0 Å². The van der Waals surface area contributed by atoms with Crippen molar-refractivity contribution in [2.45, 2.75) is 19.8 Å². The van der Waals surface area contributed by atoms with Crippen molar-refractivity contribution in [3.63, 3.8) is 0 Å². The molecule has 1 amide bonds. The van der Waals surface area contributed by atoms with E-state index < -0.39 is 0 Å². The number of hydrogen-bond acceptors (Lipinski definition) is 3. The average molecular weight is 277 g/mol. The third-order valence-corrected chi connectivity index (χ3v) is 2.87. The molecule has 4 nitrogen and oxygen atoms in total. The molecule has 0 atom stereocenters. The van der Waals surface area contributed by atoms with Gasteiger partial charge in [-0.15, -0.1) is 6.58 Å². The van der Waals surface area contributed by atoms with E-state index in [-0.39, 0.29) is 12.5 Å². The number of benzene rings is 1. The van der Waals surface area contributed by atoms with Gasteiger partial charge in [0.2, 0.25) is 0 Å². The van der Waals surface area contributed by atoms with E-state index >= 15 is 0 Å². The minimum Gasteiger partial charge on any atom is -0.494 e. The van der Waals surface area contributed by atoms with Crippen LogP contribution in [0.2, 0.25) is 0 Å². The lowest BCUT2D eigenvalue weighted by Crippen LogP contribution is -2.33. The summed E-state index contributed by atoms with van der Waals surface area (Å²) < 4.78 is 5.56. The number of carbonyl (C=O) groups excluding carboxylic acids is 1. The largest absolute Gasteiger partial charge is 0.494 e. The Labute approximate surface area is 120 Å². The number of ether oxygens (including phenoxy) is 1. The van der Waals surface area contributed by atoms with Crippen LogP contribution in [0.1, 0.15) is 30.1 Å². The first-order valence-corrected chi connectivity index (χ1v) is 6.96. The van der Waals surface area contributed by atoms with Gasteiger partial charge in [-0.2, -0.15) is 0 Å². The van der Waals surface area contributed by atoms with E-state index in [0.717, 1.165) is 18.6 Å². The summed E-state index contributed by atoms with van der Waals surface area (Å²) in [7, 11) is 0. The van der Waals surface area contributed by atoms with Gasteiger partial charge in [-0.25, -0.2) is 0 Å². The summed E-state index contributed by atoms with van der Waals surface area (Å²) in [6, 6.07) is 7.09. The van der Waals surface area contributed by atoms with Gasteiger partial charge in [-0.1, -0.05) is 19.4 Å². The molecule has 1 N–H and O–H groups in total. The van der Waals surface area contributed by atoms with Gasteiger partial charge in [-0.05, 0) is 30.7 Å². The van der Waals surface area contributed by atoms with Crippen molar-refractivity contribution < 1.29 is 14.6 Å². The van der Waals surface area contributed by atoms with Gasteiger partial charge in [0, 0.05) is 18.7 Å². The van der Waals surface area contributed by atoms with Gasteiger partial charge in [0.15, 0.2) is 0 Å². The summed E-state index contributed by atoms with van der Waals surface area (Å²) in [6.07, 6.45) is 3.76. The molecule has 110 valence electrons. The molecule has 0 saturated carbocycles. The molecule has 0 radical (unpaired) electrons. The third kappa shape index (κ3) is 5.05. The molecule has 0 aliphatic rings.